The summed E-state index contributed by atoms with van der Waals surface area (Å²) in [5.74, 6) is 1.28. The third-order valence-corrected chi connectivity index (χ3v) is 2.88. The molecule has 1 atom stereocenters. The van der Waals surface area contributed by atoms with Crippen molar-refractivity contribution in [3.63, 3.8) is 0 Å². The van der Waals surface area contributed by atoms with Crippen molar-refractivity contribution in [1.82, 2.24) is 14.9 Å². The van der Waals surface area contributed by atoms with E-state index in [0.717, 1.165) is 18.9 Å². The van der Waals surface area contributed by atoms with Gasteiger partial charge in [-0.2, -0.15) is 4.98 Å². The van der Waals surface area contributed by atoms with E-state index in [-0.39, 0.29) is 0 Å². The zero-order valence-electron chi connectivity index (χ0n) is 9.22. The Kier molecular flexibility index (Phi) is 2.73. The molecule has 15 heavy (non-hydrogen) atoms. The van der Waals surface area contributed by atoms with Gasteiger partial charge in [0.2, 0.25) is 5.95 Å². The van der Waals surface area contributed by atoms with Crippen molar-refractivity contribution >= 4 is 11.8 Å². The zero-order chi connectivity index (χ0) is 10.8. The van der Waals surface area contributed by atoms with E-state index >= 15 is 0 Å². The summed E-state index contributed by atoms with van der Waals surface area (Å²) in [6, 6.07) is 2.52. The van der Waals surface area contributed by atoms with Crippen molar-refractivity contribution in [1.29, 1.82) is 0 Å². The summed E-state index contributed by atoms with van der Waals surface area (Å²) in [5.41, 5.74) is 5.56. The molecule has 0 radical (unpaired) electrons. The minimum absolute atomic E-state index is 0.348. The highest BCUT2D eigenvalue weighted by molar-refractivity contribution is 5.42. The highest BCUT2D eigenvalue weighted by Gasteiger charge is 2.24. The molecule has 5 heteroatoms. The summed E-state index contributed by atoms with van der Waals surface area (Å²) < 4.78 is 0. The van der Waals surface area contributed by atoms with E-state index in [1.807, 2.05) is 6.07 Å². The van der Waals surface area contributed by atoms with Gasteiger partial charge in [-0.1, -0.05) is 0 Å². The van der Waals surface area contributed by atoms with Crippen molar-refractivity contribution in [3.8, 4) is 0 Å². The van der Waals surface area contributed by atoms with Crippen LogP contribution < -0.4 is 10.6 Å². The maximum absolute atomic E-state index is 5.56. The number of nitrogen functional groups attached to an aromatic ring is 1. The molecule has 0 spiro atoms. The smallest absolute Gasteiger partial charge is 0.221 e. The van der Waals surface area contributed by atoms with Crippen molar-refractivity contribution in [3.05, 3.63) is 12.3 Å². The monoisotopic (exact) mass is 207 g/mol. The number of nitrogens with two attached hydrogens (primary N) is 1. The summed E-state index contributed by atoms with van der Waals surface area (Å²) in [7, 11) is 4.23. The Morgan fingerprint density at radius 2 is 2.33 bits per heavy atom. The molecule has 1 aliphatic rings. The summed E-state index contributed by atoms with van der Waals surface area (Å²) in [6.07, 6.45) is 2.89. The highest BCUT2D eigenvalue weighted by atomic mass is 15.3. The van der Waals surface area contributed by atoms with E-state index in [4.69, 9.17) is 5.73 Å². The maximum atomic E-state index is 5.56. The van der Waals surface area contributed by atoms with Crippen LogP contribution in [0.15, 0.2) is 12.3 Å². The largest absolute Gasteiger partial charge is 0.368 e. The third-order valence-electron chi connectivity index (χ3n) is 2.88. The number of aromatic nitrogens is 2. The van der Waals surface area contributed by atoms with Crippen LogP contribution in [-0.4, -0.2) is 48.1 Å². The van der Waals surface area contributed by atoms with Gasteiger partial charge in [0.1, 0.15) is 5.82 Å². The van der Waals surface area contributed by atoms with Crippen LogP contribution in [0.4, 0.5) is 11.8 Å². The Hall–Kier alpha value is -1.36. The van der Waals surface area contributed by atoms with E-state index in [9.17, 15) is 0 Å². The molecule has 0 bridgehead atoms. The van der Waals surface area contributed by atoms with Gasteiger partial charge >= 0.3 is 0 Å². The molecule has 2 heterocycles. The number of anilines is 2. The topological polar surface area (TPSA) is 58.3 Å². The predicted octanol–water partition coefficient (Wildman–Crippen LogP) is 0.199. The van der Waals surface area contributed by atoms with Crippen LogP contribution in [0, 0.1) is 0 Å². The second kappa shape index (κ2) is 4.02. The molecule has 2 rings (SSSR count). The van der Waals surface area contributed by atoms with Gasteiger partial charge in [-0.15, -0.1) is 0 Å². The van der Waals surface area contributed by atoms with E-state index < -0.39 is 0 Å². The lowest BCUT2D eigenvalue weighted by atomic mass is 10.2. The van der Waals surface area contributed by atoms with Crippen LogP contribution >= 0.6 is 0 Å². The molecule has 1 aromatic rings. The van der Waals surface area contributed by atoms with Gasteiger partial charge in [0.25, 0.3) is 0 Å². The molecule has 0 aromatic carbocycles. The van der Waals surface area contributed by atoms with Crippen molar-refractivity contribution in [2.75, 3.05) is 37.8 Å². The van der Waals surface area contributed by atoms with Crippen molar-refractivity contribution in [2.45, 2.75) is 12.5 Å². The predicted molar refractivity (Wildman–Crippen MR) is 60.7 cm³/mol. The van der Waals surface area contributed by atoms with Crippen LogP contribution in [0.25, 0.3) is 0 Å². The minimum atomic E-state index is 0.348. The zero-order valence-corrected chi connectivity index (χ0v) is 9.22. The fraction of sp³-hybridized carbons (Fsp3) is 0.600. The quantitative estimate of drug-likeness (QED) is 0.750. The molecule has 0 saturated carbocycles. The first kappa shape index (κ1) is 10.2. The van der Waals surface area contributed by atoms with Crippen LogP contribution in [0.3, 0.4) is 0 Å². The molecule has 1 aromatic heterocycles. The number of hydrogen-bond donors (Lipinski definition) is 1. The Morgan fingerprint density at radius 1 is 1.53 bits per heavy atom. The van der Waals surface area contributed by atoms with Crippen molar-refractivity contribution < 1.29 is 0 Å². The summed E-state index contributed by atoms with van der Waals surface area (Å²) in [4.78, 5) is 12.6. The second-order valence-electron chi connectivity index (χ2n) is 4.13. The number of hydrogen-bond acceptors (Lipinski definition) is 5. The Balaban J connectivity index is 2.08. The Labute approximate surface area is 89.9 Å². The first-order chi connectivity index (χ1) is 7.16. The van der Waals surface area contributed by atoms with Crippen molar-refractivity contribution in [2.24, 2.45) is 0 Å². The van der Waals surface area contributed by atoms with Gasteiger partial charge in [-0.05, 0) is 26.6 Å². The molecular weight excluding hydrogens is 190 g/mol. The number of likely N-dealkylation sites (N-methyl/N-ethyl adjacent to an activating group) is 1. The number of nitrogens with zero attached hydrogens (tertiary/aromatic N) is 4. The van der Waals surface area contributed by atoms with Gasteiger partial charge < -0.3 is 15.5 Å². The average molecular weight is 207 g/mol. The SMILES string of the molecule is CN(C)[C@@H]1CCN(c2ccnc(N)n2)C1. The molecule has 0 amide bonds. The Morgan fingerprint density at radius 3 is 2.93 bits per heavy atom. The standard InChI is InChI=1S/C10H17N5/c1-14(2)8-4-6-15(7-8)9-3-5-12-10(11)13-9/h3,5,8H,4,6-7H2,1-2H3,(H2,11,12,13)/t8-/m1/s1. The van der Waals surface area contributed by atoms with Crippen LogP contribution in [0.2, 0.25) is 0 Å². The van der Waals surface area contributed by atoms with Crippen LogP contribution in [-0.2, 0) is 0 Å². The van der Waals surface area contributed by atoms with E-state index in [0.29, 0.717) is 12.0 Å². The average Bonchev–Trinajstić information content (AvgIpc) is 2.66. The lowest BCUT2D eigenvalue weighted by Crippen LogP contribution is -2.31. The Bertz CT molecular complexity index is 338. The van der Waals surface area contributed by atoms with Gasteiger partial charge in [-0.25, -0.2) is 4.98 Å². The minimum Gasteiger partial charge on any atom is -0.368 e. The maximum Gasteiger partial charge on any atom is 0.221 e. The van der Waals surface area contributed by atoms with E-state index in [1.165, 1.54) is 6.42 Å². The molecular formula is C10H17N5. The summed E-state index contributed by atoms with van der Waals surface area (Å²) in [6.45, 7) is 2.06. The molecule has 0 unspecified atom stereocenters. The molecule has 5 nitrogen and oxygen atoms in total. The van der Waals surface area contributed by atoms with Gasteiger partial charge in [0.05, 0.1) is 0 Å². The molecule has 1 saturated heterocycles. The van der Waals surface area contributed by atoms with Gasteiger partial charge in [0.15, 0.2) is 0 Å². The van der Waals surface area contributed by atoms with Gasteiger partial charge in [0, 0.05) is 25.3 Å². The molecule has 0 aliphatic carbocycles. The molecule has 1 aliphatic heterocycles. The summed E-state index contributed by atoms with van der Waals surface area (Å²) in [5, 5.41) is 0. The first-order valence-electron chi connectivity index (χ1n) is 5.16. The van der Waals surface area contributed by atoms with Crippen LogP contribution in [0.5, 0.6) is 0 Å². The lowest BCUT2D eigenvalue weighted by molar-refractivity contribution is 0.315. The molecule has 82 valence electrons. The normalized spacial score (nSPS) is 21.3. The summed E-state index contributed by atoms with van der Waals surface area (Å²) >= 11 is 0. The molecule has 2 N–H and O–H groups in total. The fourth-order valence-corrected chi connectivity index (χ4v) is 1.91. The molecule has 1 fully saturated rings. The van der Waals surface area contributed by atoms with E-state index in [1.54, 1.807) is 6.20 Å². The third kappa shape index (κ3) is 2.18. The lowest BCUT2D eigenvalue weighted by Gasteiger charge is -2.20. The first-order valence-corrected chi connectivity index (χ1v) is 5.16. The number of rotatable bonds is 2. The van der Waals surface area contributed by atoms with Gasteiger partial charge in [-0.3, -0.25) is 0 Å². The fourth-order valence-electron chi connectivity index (χ4n) is 1.91. The second-order valence-corrected chi connectivity index (χ2v) is 4.13. The van der Waals surface area contributed by atoms with Crippen LogP contribution in [0.1, 0.15) is 6.42 Å². The van der Waals surface area contributed by atoms with E-state index in [2.05, 4.69) is 33.9 Å². The highest BCUT2D eigenvalue weighted by Crippen LogP contribution is 2.19.